The molecule has 6 heteroatoms. The summed E-state index contributed by atoms with van der Waals surface area (Å²) in [6, 6.07) is 17.5. The van der Waals surface area contributed by atoms with Gasteiger partial charge in [-0.2, -0.15) is 0 Å². The van der Waals surface area contributed by atoms with E-state index in [4.69, 9.17) is 39.8 Å². The molecule has 0 aliphatic heterocycles. The van der Waals surface area contributed by atoms with Crippen molar-refractivity contribution in [2.24, 2.45) is 0 Å². The van der Waals surface area contributed by atoms with Gasteiger partial charge in [0.1, 0.15) is 11.6 Å². The molecule has 0 aliphatic carbocycles. The second kappa shape index (κ2) is 6.92. The molecular weight excluding hydrogens is 394 g/mol. The van der Waals surface area contributed by atoms with Gasteiger partial charge in [-0.05, 0) is 42.5 Å². The van der Waals surface area contributed by atoms with Gasteiger partial charge in [0.25, 0.3) is 0 Å². The Kier molecular flexibility index (Phi) is 4.62. The Morgan fingerprint density at radius 2 is 1.69 bits per heavy atom. The second-order valence-electron chi connectivity index (χ2n) is 5.83. The van der Waals surface area contributed by atoms with Crippen molar-refractivity contribution < 1.29 is 4.39 Å². The van der Waals surface area contributed by atoms with Crippen molar-refractivity contribution in [3.63, 3.8) is 0 Å². The Morgan fingerprint density at radius 3 is 2.46 bits per heavy atom. The first-order valence-electron chi connectivity index (χ1n) is 7.88. The Labute approximate surface area is 164 Å². The molecule has 4 rings (SSSR count). The van der Waals surface area contributed by atoms with Gasteiger partial charge in [0.05, 0.1) is 22.6 Å². The van der Waals surface area contributed by atoms with Crippen LogP contribution in [0.15, 0.2) is 60.7 Å². The average Bonchev–Trinajstić information content (AvgIpc) is 2.96. The number of benzene rings is 3. The van der Waals surface area contributed by atoms with Gasteiger partial charge in [-0.1, -0.05) is 53.0 Å². The predicted molar refractivity (Wildman–Crippen MR) is 106 cm³/mol. The summed E-state index contributed by atoms with van der Waals surface area (Å²) in [6.45, 7) is 0.236. The minimum absolute atomic E-state index is 0.236. The standard InChI is InChI=1S/C20H12Cl3FN2/c21-12-8-9-13(16(23)10-12)20-25-18-6-1-2-7-19(18)26(20)11-14-15(22)4-3-5-17(14)24/h1-10H,11H2. The van der Waals surface area contributed by atoms with Gasteiger partial charge in [-0.25, -0.2) is 9.37 Å². The highest BCUT2D eigenvalue weighted by Crippen LogP contribution is 2.33. The van der Waals surface area contributed by atoms with E-state index in [1.165, 1.54) is 6.07 Å². The fourth-order valence-electron chi connectivity index (χ4n) is 2.95. The molecule has 0 bridgehead atoms. The van der Waals surface area contributed by atoms with Crippen molar-refractivity contribution in [1.82, 2.24) is 9.55 Å². The van der Waals surface area contributed by atoms with E-state index in [-0.39, 0.29) is 12.4 Å². The molecule has 1 aromatic heterocycles. The number of para-hydroxylation sites is 2. The van der Waals surface area contributed by atoms with Crippen LogP contribution in [-0.2, 0) is 6.54 Å². The molecule has 0 aliphatic rings. The monoisotopic (exact) mass is 404 g/mol. The van der Waals surface area contributed by atoms with Gasteiger partial charge in [0, 0.05) is 21.2 Å². The summed E-state index contributed by atoms with van der Waals surface area (Å²) in [4.78, 5) is 4.70. The van der Waals surface area contributed by atoms with E-state index in [9.17, 15) is 4.39 Å². The van der Waals surface area contributed by atoms with Crippen molar-refractivity contribution >= 4 is 45.8 Å². The summed E-state index contributed by atoms with van der Waals surface area (Å²) in [7, 11) is 0. The second-order valence-corrected chi connectivity index (χ2v) is 7.09. The van der Waals surface area contributed by atoms with Gasteiger partial charge in [0.15, 0.2) is 0 Å². The normalized spacial score (nSPS) is 11.2. The predicted octanol–water partition coefficient (Wildman–Crippen LogP) is 6.85. The summed E-state index contributed by atoms with van der Waals surface area (Å²) in [5, 5.41) is 1.39. The molecule has 0 saturated carbocycles. The van der Waals surface area contributed by atoms with E-state index in [2.05, 4.69) is 0 Å². The van der Waals surface area contributed by atoms with E-state index in [0.717, 1.165) is 16.6 Å². The van der Waals surface area contributed by atoms with Crippen molar-refractivity contribution in [1.29, 1.82) is 0 Å². The quantitative estimate of drug-likeness (QED) is 0.364. The topological polar surface area (TPSA) is 17.8 Å². The lowest BCUT2D eigenvalue weighted by Crippen LogP contribution is -2.05. The van der Waals surface area contributed by atoms with Crippen LogP contribution in [0.25, 0.3) is 22.4 Å². The number of hydrogen-bond acceptors (Lipinski definition) is 1. The van der Waals surface area contributed by atoms with Gasteiger partial charge < -0.3 is 4.57 Å². The van der Waals surface area contributed by atoms with E-state index >= 15 is 0 Å². The molecule has 26 heavy (non-hydrogen) atoms. The Balaban J connectivity index is 1.95. The number of imidazole rings is 1. The van der Waals surface area contributed by atoms with Crippen LogP contribution in [0.5, 0.6) is 0 Å². The molecule has 0 fully saturated rings. The zero-order valence-electron chi connectivity index (χ0n) is 13.4. The van der Waals surface area contributed by atoms with Crippen LogP contribution in [0.3, 0.4) is 0 Å². The van der Waals surface area contributed by atoms with E-state index in [1.54, 1.807) is 24.3 Å². The Morgan fingerprint density at radius 1 is 0.885 bits per heavy atom. The summed E-state index contributed by atoms with van der Waals surface area (Å²) < 4.78 is 16.3. The van der Waals surface area contributed by atoms with Crippen LogP contribution < -0.4 is 0 Å². The maximum Gasteiger partial charge on any atom is 0.142 e. The van der Waals surface area contributed by atoms with E-state index < -0.39 is 0 Å². The molecule has 0 N–H and O–H groups in total. The fourth-order valence-corrected chi connectivity index (χ4v) is 3.67. The Hall–Kier alpha value is -2.07. The van der Waals surface area contributed by atoms with Crippen molar-refractivity contribution in [3.8, 4) is 11.4 Å². The van der Waals surface area contributed by atoms with Crippen LogP contribution >= 0.6 is 34.8 Å². The summed E-state index contributed by atoms with van der Waals surface area (Å²) >= 11 is 18.6. The third-order valence-corrected chi connectivity index (χ3v) is 5.11. The molecule has 0 spiro atoms. The lowest BCUT2D eigenvalue weighted by Gasteiger charge is -2.12. The van der Waals surface area contributed by atoms with Crippen LogP contribution in [0.4, 0.5) is 4.39 Å². The minimum Gasteiger partial charge on any atom is -0.319 e. The minimum atomic E-state index is -0.358. The van der Waals surface area contributed by atoms with E-state index in [0.29, 0.717) is 26.5 Å². The molecule has 130 valence electrons. The van der Waals surface area contributed by atoms with Crippen LogP contribution in [0.1, 0.15) is 5.56 Å². The summed E-state index contributed by atoms with van der Waals surface area (Å²) in [5.41, 5.74) is 2.79. The first kappa shape index (κ1) is 17.3. The third-order valence-electron chi connectivity index (χ3n) is 4.20. The van der Waals surface area contributed by atoms with Gasteiger partial charge in [-0.3, -0.25) is 0 Å². The van der Waals surface area contributed by atoms with Crippen molar-refractivity contribution in [3.05, 3.63) is 87.1 Å². The van der Waals surface area contributed by atoms with Crippen LogP contribution in [0.2, 0.25) is 15.1 Å². The van der Waals surface area contributed by atoms with Crippen LogP contribution in [-0.4, -0.2) is 9.55 Å². The molecule has 4 aromatic rings. The zero-order valence-corrected chi connectivity index (χ0v) is 15.7. The van der Waals surface area contributed by atoms with Gasteiger partial charge >= 0.3 is 0 Å². The van der Waals surface area contributed by atoms with Gasteiger partial charge in [0.2, 0.25) is 0 Å². The zero-order chi connectivity index (χ0) is 18.3. The first-order valence-corrected chi connectivity index (χ1v) is 9.01. The van der Waals surface area contributed by atoms with Gasteiger partial charge in [-0.15, -0.1) is 0 Å². The number of hydrogen-bond donors (Lipinski definition) is 0. The molecule has 0 saturated heterocycles. The summed E-state index contributed by atoms with van der Waals surface area (Å²) in [6.07, 6.45) is 0. The highest BCUT2D eigenvalue weighted by Gasteiger charge is 2.18. The highest BCUT2D eigenvalue weighted by molar-refractivity contribution is 6.36. The van der Waals surface area contributed by atoms with E-state index in [1.807, 2.05) is 34.9 Å². The molecular formula is C20H12Cl3FN2. The number of halogens is 4. The van der Waals surface area contributed by atoms with Crippen molar-refractivity contribution in [2.45, 2.75) is 6.54 Å². The molecule has 0 atom stereocenters. The Bertz CT molecular complexity index is 1100. The molecule has 0 amide bonds. The number of fused-ring (bicyclic) bond motifs is 1. The number of nitrogens with zero attached hydrogens (tertiary/aromatic N) is 2. The lowest BCUT2D eigenvalue weighted by molar-refractivity contribution is 0.602. The molecule has 2 nitrogen and oxygen atoms in total. The third kappa shape index (κ3) is 3.07. The maximum absolute atomic E-state index is 14.3. The van der Waals surface area contributed by atoms with Crippen molar-refractivity contribution in [2.75, 3.05) is 0 Å². The maximum atomic E-state index is 14.3. The molecule has 1 heterocycles. The van der Waals surface area contributed by atoms with Crippen LogP contribution in [0, 0.1) is 5.82 Å². The largest absolute Gasteiger partial charge is 0.319 e. The average molecular weight is 406 g/mol. The SMILES string of the molecule is Fc1cccc(Cl)c1Cn1c(-c2ccc(Cl)cc2Cl)nc2ccccc21. The highest BCUT2D eigenvalue weighted by atomic mass is 35.5. The first-order chi connectivity index (χ1) is 12.5. The molecule has 0 radical (unpaired) electrons. The summed E-state index contributed by atoms with van der Waals surface area (Å²) in [5.74, 6) is 0.274. The smallest absolute Gasteiger partial charge is 0.142 e. The number of rotatable bonds is 3. The molecule has 3 aromatic carbocycles. The molecule has 0 unspecified atom stereocenters. The number of aromatic nitrogens is 2. The lowest BCUT2D eigenvalue weighted by atomic mass is 10.1. The fraction of sp³-hybridized carbons (Fsp3) is 0.0500.